The van der Waals surface area contributed by atoms with Crippen LogP contribution in [0.5, 0.6) is 5.75 Å². The van der Waals surface area contributed by atoms with Crippen LogP contribution in [0, 0.1) is 5.82 Å². The van der Waals surface area contributed by atoms with Gasteiger partial charge in [-0.2, -0.15) is 5.06 Å². The van der Waals surface area contributed by atoms with Crippen LogP contribution >= 0.6 is 11.6 Å². The summed E-state index contributed by atoms with van der Waals surface area (Å²) in [6.07, 6.45) is 0. The maximum Gasteiger partial charge on any atom is 0.134 e. The topological polar surface area (TPSA) is 43.7 Å². The van der Waals surface area contributed by atoms with Gasteiger partial charge in [-0.15, -0.1) is 0 Å². The Kier molecular flexibility index (Phi) is 3.08. The number of phenols is 1. The van der Waals surface area contributed by atoms with Crippen LogP contribution in [0.15, 0.2) is 12.1 Å². The molecule has 1 aromatic carbocycles. The van der Waals surface area contributed by atoms with Crippen LogP contribution in [0.25, 0.3) is 0 Å². The molecular weight excluding hydrogens is 197 g/mol. The van der Waals surface area contributed by atoms with E-state index in [-0.39, 0.29) is 22.9 Å². The molecule has 72 valence electrons. The third kappa shape index (κ3) is 2.30. The molecule has 0 saturated carbocycles. The molecule has 0 aliphatic heterocycles. The number of nitrogens with zero attached hydrogens (tertiary/aromatic N) is 1. The van der Waals surface area contributed by atoms with Gasteiger partial charge in [0, 0.05) is 12.6 Å². The number of phenolic OH excluding ortho intramolecular Hbond substituents is 1. The molecule has 2 N–H and O–H groups in total. The summed E-state index contributed by atoms with van der Waals surface area (Å²) in [6.45, 7) is -0.0704. The molecule has 5 heteroatoms. The largest absolute Gasteiger partial charge is 0.506 e. The summed E-state index contributed by atoms with van der Waals surface area (Å²) >= 11 is 5.61. The number of hydrogen-bond donors (Lipinski definition) is 2. The van der Waals surface area contributed by atoms with E-state index < -0.39 is 5.82 Å². The van der Waals surface area contributed by atoms with Gasteiger partial charge in [-0.05, 0) is 12.1 Å². The Hall–Kier alpha value is -0.840. The zero-order chi connectivity index (χ0) is 10.0. The maximum absolute atomic E-state index is 13.1. The number of halogens is 2. The van der Waals surface area contributed by atoms with Gasteiger partial charge in [0.25, 0.3) is 0 Å². The van der Waals surface area contributed by atoms with Gasteiger partial charge < -0.3 is 10.3 Å². The van der Waals surface area contributed by atoms with Gasteiger partial charge in [0.2, 0.25) is 0 Å². The van der Waals surface area contributed by atoms with E-state index in [1.165, 1.54) is 13.1 Å². The molecule has 1 rings (SSSR count). The van der Waals surface area contributed by atoms with Crippen LogP contribution in [0.1, 0.15) is 5.56 Å². The molecule has 0 amide bonds. The summed E-state index contributed by atoms with van der Waals surface area (Å²) < 4.78 is 13.1. The van der Waals surface area contributed by atoms with Gasteiger partial charge in [0.1, 0.15) is 11.6 Å². The summed E-state index contributed by atoms with van der Waals surface area (Å²) in [7, 11) is 1.36. The van der Waals surface area contributed by atoms with Crippen LogP contribution in [-0.4, -0.2) is 22.4 Å². The lowest BCUT2D eigenvalue weighted by Gasteiger charge is -2.11. The molecule has 0 heterocycles. The fourth-order valence-corrected chi connectivity index (χ4v) is 1.17. The molecule has 0 atom stereocenters. The summed E-state index contributed by atoms with van der Waals surface area (Å²) in [5, 5.41) is 18.7. The molecule has 0 aliphatic rings. The molecular formula is C8H9ClFNO2. The van der Waals surface area contributed by atoms with Gasteiger partial charge >= 0.3 is 0 Å². The molecule has 0 spiro atoms. The van der Waals surface area contributed by atoms with E-state index in [2.05, 4.69) is 0 Å². The number of hydroxylamine groups is 2. The highest BCUT2D eigenvalue weighted by Gasteiger charge is 2.12. The van der Waals surface area contributed by atoms with Crippen molar-refractivity contribution in [1.29, 1.82) is 0 Å². The van der Waals surface area contributed by atoms with Crippen molar-refractivity contribution in [2.45, 2.75) is 6.54 Å². The van der Waals surface area contributed by atoms with Crippen molar-refractivity contribution in [2.24, 2.45) is 0 Å². The highest BCUT2D eigenvalue weighted by Crippen LogP contribution is 2.29. The minimum absolute atomic E-state index is 0.0686. The first-order valence-corrected chi connectivity index (χ1v) is 3.96. The number of aromatic hydroxyl groups is 1. The molecule has 3 nitrogen and oxygen atoms in total. The van der Waals surface area contributed by atoms with E-state index in [0.29, 0.717) is 0 Å². The smallest absolute Gasteiger partial charge is 0.134 e. The molecule has 0 aliphatic carbocycles. The van der Waals surface area contributed by atoms with Gasteiger partial charge in [0.05, 0.1) is 11.6 Å². The fraction of sp³-hybridized carbons (Fsp3) is 0.250. The zero-order valence-corrected chi connectivity index (χ0v) is 7.72. The van der Waals surface area contributed by atoms with E-state index >= 15 is 0 Å². The molecule has 0 fully saturated rings. The molecule has 0 bridgehead atoms. The second-order valence-electron chi connectivity index (χ2n) is 2.67. The number of rotatable bonds is 2. The Labute approximate surface area is 79.9 Å². The number of benzene rings is 1. The quantitative estimate of drug-likeness (QED) is 0.726. The SMILES string of the molecule is CN(O)Cc1c(F)ccc(O)c1Cl. The van der Waals surface area contributed by atoms with Crippen molar-refractivity contribution in [1.82, 2.24) is 5.06 Å². The van der Waals surface area contributed by atoms with Crippen molar-refractivity contribution in [3.63, 3.8) is 0 Å². The third-order valence-electron chi connectivity index (χ3n) is 1.55. The predicted molar refractivity (Wildman–Crippen MR) is 46.3 cm³/mol. The molecule has 0 unspecified atom stereocenters. The van der Waals surface area contributed by atoms with Crippen molar-refractivity contribution >= 4 is 11.6 Å². The van der Waals surface area contributed by atoms with Gasteiger partial charge in [-0.1, -0.05) is 11.6 Å². The van der Waals surface area contributed by atoms with Crippen LogP contribution in [0.2, 0.25) is 5.02 Å². The Morgan fingerprint density at radius 1 is 1.54 bits per heavy atom. The molecule has 0 radical (unpaired) electrons. The second kappa shape index (κ2) is 3.91. The van der Waals surface area contributed by atoms with Crippen LogP contribution < -0.4 is 0 Å². The standard InChI is InChI=1S/C8H9ClFNO2/c1-11(13)4-5-6(10)2-3-7(12)8(5)9/h2-3,12-13H,4H2,1H3. The molecule has 1 aromatic rings. The first kappa shape index (κ1) is 10.2. The van der Waals surface area contributed by atoms with Gasteiger partial charge in [-0.3, -0.25) is 0 Å². The van der Waals surface area contributed by atoms with Crippen LogP contribution in [-0.2, 0) is 6.54 Å². The summed E-state index contributed by atoms with van der Waals surface area (Å²) in [6, 6.07) is 2.26. The molecule has 0 aromatic heterocycles. The minimum Gasteiger partial charge on any atom is -0.506 e. The number of hydrogen-bond acceptors (Lipinski definition) is 3. The van der Waals surface area contributed by atoms with Crippen molar-refractivity contribution in [2.75, 3.05) is 7.05 Å². The highest BCUT2D eigenvalue weighted by atomic mass is 35.5. The van der Waals surface area contributed by atoms with Crippen LogP contribution in [0.4, 0.5) is 4.39 Å². The first-order chi connectivity index (χ1) is 6.02. The monoisotopic (exact) mass is 205 g/mol. The lowest BCUT2D eigenvalue weighted by atomic mass is 10.2. The van der Waals surface area contributed by atoms with E-state index in [1.807, 2.05) is 0 Å². The maximum atomic E-state index is 13.1. The Morgan fingerprint density at radius 3 is 2.69 bits per heavy atom. The second-order valence-corrected chi connectivity index (χ2v) is 3.05. The Balaban J connectivity index is 3.10. The minimum atomic E-state index is -0.552. The first-order valence-electron chi connectivity index (χ1n) is 3.58. The Bertz CT molecular complexity index is 317. The summed E-state index contributed by atoms with van der Waals surface area (Å²) in [5.41, 5.74) is 0.0756. The Morgan fingerprint density at radius 2 is 2.15 bits per heavy atom. The third-order valence-corrected chi connectivity index (χ3v) is 1.97. The van der Waals surface area contributed by atoms with Crippen molar-refractivity contribution in [3.05, 3.63) is 28.5 Å². The molecule has 13 heavy (non-hydrogen) atoms. The van der Waals surface area contributed by atoms with E-state index in [4.69, 9.17) is 21.9 Å². The fourth-order valence-electron chi connectivity index (χ4n) is 0.959. The normalized spacial score (nSPS) is 10.8. The van der Waals surface area contributed by atoms with E-state index in [0.717, 1.165) is 11.1 Å². The van der Waals surface area contributed by atoms with Gasteiger partial charge in [-0.25, -0.2) is 4.39 Å². The lowest BCUT2D eigenvalue weighted by Crippen LogP contribution is -2.13. The lowest BCUT2D eigenvalue weighted by molar-refractivity contribution is -0.0738. The van der Waals surface area contributed by atoms with Crippen molar-refractivity contribution in [3.8, 4) is 5.75 Å². The molecule has 0 saturated heterocycles. The van der Waals surface area contributed by atoms with E-state index in [1.54, 1.807) is 0 Å². The average molecular weight is 206 g/mol. The average Bonchev–Trinajstić information content (AvgIpc) is 2.05. The van der Waals surface area contributed by atoms with Gasteiger partial charge in [0.15, 0.2) is 0 Å². The predicted octanol–water partition coefficient (Wildman–Crippen LogP) is 2.01. The highest BCUT2D eigenvalue weighted by molar-refractivity contribution is 6.32. The zero-order valence-electron chi connectivity index (χ0n) is 6.96. The van der Waals surface area contributed by atoms with E-state index in [9.17, 15) is 4.39 Å². The summed E-state index contributed by atoms with van der Waals surface area (Å²) in [4.78, 5) is 0. The van der Waals surface area contributed by atoms with Crippen molar-refractivity contribution < 1.29 is 14.7 Å². The summed E-state index contributed by atoms with van der Waals surface area (Å²) in [5.74, 6) is -0.747. The van der Waals surface area contributed by atoms with Crippen LogP contribution in [0.3, 0.4) is 0 Å².